The van der Waals surface area contributed by atoms with Gasteiger partial charge in [0.15, 0.2) is 0 Å². The number of rotatable bonds is 5. The number of aliphatic carboxylic acids is 1. The third-order valence-electron chi connectivity index (χ3n) is 3.53. The van der Waals surface area contributed by atoms with Crippen LogP contribution in [0.5, 0.6) is 0 Å². The second-order valence-corrected chi connectivity index (χ2v) is 5.55. The smallest absolute Gasteiger partial charge is 0.305 e. The summed E-state index contributed by atoms with van der Waals surface area (Å²) >= 11 is 5.76. The summed E-state index contributed by atoms with van der Waals surface area (Å²) in [6.07, 6.45) is 1.83. The van der Waals surface area contributed by atoms with Gasteiger partial charge < -0.3 is 10.4 Å². The third-order valence-corrected chi connectivity index (χ3v) is 3.75. The third kappa shape index (κ3) is 3.49. The number of carbonyl (C=O) groups is 2. The number of benzene rings is 1. The molecule has 7 nitrogen and oxygen atoms in total. The van der Waals surface area contributed by atoms with Crippen LogP contribution in [0.4, 0.5) is 5.69 Å². The Morgan fingerprint density at radius 2 is 2.05 bits per heavy atom. The first-order valence-electron chi connectivity index (χ1n) is 6.31. The van der Waals surface area contributed by atoms with Gasteiger partial charge in [0, 0.05) is 22.7 Å². The maximum Gasteiger partial charge on any atom is 0.305 e. The molecule has 1 aromatic rings. The van der Waals surface area contributed by atoms with Gasteiger partial charge in [-0.25, -0.2) is 0 Å². The average molecular weight is 313 g/mol. The first-order valence-corrected chi connectivity index (χ1v) is 6.68. The molecular formula is C13H13ClN2O5. The van der Waals surface area contributed by atoms with E-state index in [0.29, 0.717) is 12.8 Å². The summed E-state index contributed by atoms with van der Waals surface area (Å²) < 4.78 is 0. The normalized spacial score (nSPS) is 15.9. The van der Waals surface area contributed by atoms with Crippen LogP contribution in [0.2, 0.25) is 5.02 Å². The topological polar surface area (TPSA) is 110 Å². The predicted molar refractivity (Wildman–Crippen MR) is 74.4 cm³/mol. The van der Waals surface area contributed by atoms with Gasteiger partial charge >= 0.3 is 5.97 Å². The minimum Gasteiger partial charge on any atom is -0.481 e. The van der Waals surface area contributed by atoms with Crippen molar-refractivity contribution in [3.05, 3.63) is 38.9 Å². The summed E-state index contributed by atoms with van der Waals surface area (Å²) in [5, 5.41) is 22.4. The van der Waals surface area contributed by atoms with Crippen molar-refractivity contribution in [2.75, 3.05) is 0 Å². The molecule has 0 unspecified atom stereocenters. The summed E-state index contributed by atoms with van der Waals surface area (Å²) in [6, 6.07) is 3.58. The molecule has 0 saturated heterocycles. The van der Waals surface area contributed by atoms with Crippen molar-refractivity contribution in [2.24, 2.45) is 0 Å². The lowest BCUT2D eigenvalue weighted by atomic mass is 9.74. The molecule has 2 rings (SSSR count). The highest BCUT2D eigenvalue weighted by atomic mass is 35.5. The van der Waals surface area contributed by atoms with Crippen molar-refractivity contribution in [1.29, 1.82) is 0 Å². The van der Waals surface area contributed by atoms with Gasteiger partial charge in [-0.2, -0.15) is 0 Å². The number of carboxylic acid groups (broad SMARTS) is 1. The van der Waals surface area contributed by atoms with Crippen molar-refractivity contribution in [1.82, 2.24) is 5.32 Å². The van der Waals surface area contributed by atoms with Gasteiger partial charge in [0.1, 0.15) is 0 Å². The summed E-state index contributed by atoms with van der Waals surface area (Å²) in [4.78, 5) is 33.2. The highest BCUT2D eigenvalue weighted by molar-refractivity contribution is 6.31. The largest absolute Gasteiger partial charge is 0.481 e. The van der Waals surface area contributed by atoms with E-state index >= 15 is 0 Å². The maximum absolute atomic E-state index is 12.2. The van der Waals surface area contributed by atoms with Crippen molar-refractivity contribution in [3.63, 3.8) is 0 Å². The molecule has 112 valence electrons. The number of halogens is 1. The van der Waals surface area contributed by atoms with Crippen LogP contribution in [0.25, 0.3) is 0 Å². The summed E-state index contributed by atoms with van der Waals surface area (Å²) in [5.74, 6) is -1.55. The quantitative estimate of drug-likeness (QED) is 0.640. The number of nitrogens with one attached hydrogen (secondary N) is 1. The van der Waals surface area contributed by atoms with E-state index in [-0.39, 0.29) is 22.7 Å². The fourth-order valence-electron chi connectivity index (χ4n) is 2.36. The van der Waals surface area contributed by atoms with Gasteiger partial charge in [-0.05, 0) is 25.3 Å². The zero-order chi connectivity index (χ0) is 15.6. The van der Waals surface area contributed by atoms with Gasteiger partial charge in [-0.1, -0.05) is 11.6 Å². The van der Waals surface area contributed by atoms with Gasteiger partial charge in [0.05, 0.1) is 16.9 Å². The molecular weight excluding hydrogens is 300 g/mol. The highest BCUT2D eigenvalue weighted by Crippen LogP contribution is 2.35. The molecule has 1 fully saturated rings. The van der Waals surface area contributed by atoms with Crippen LogP contribution < -0.4 is 5.32 Å². The van der Waals surface area contributed by atoms with Crippen molar-refractivity contribution in [2.45, 2.75) is 31.2 Å². The Bertz CT molecular complexity index is 613. The van der Waals surface area contributed by atoms with E-state index in [1.165, 1.54) is 6.07 Å². The van der Waals surface area contributed by atoms with E-state index in [9.17, 15) is 19.7 Å². The number of amides is 1. The lowest BCUT2D eigenvalue weighted by Gasteiger charge is -2.41. The number of carboxylic acids is 1. The van der Waals surface area contributed by atoms with E-state index in [1.807, 2.05) is 0 Å². The average Bonchev–Trinajstić information content (AvgIpc) is 2.34. The number of carbonyl (C=O) groups excluding carboxylic acids is 1. The molecule has 0 heterocycles. The molecule has 8 heteroatoms. The van der Waals surface area contributed by atoms with Gasteiger partial charge in [0.25, 0.3) is 11.6 Å². The Morgan fingerprint density at radius 1 is 1.38 bits per heavy atom. The summed E-state index contributed by atoms with van der Waals surface area (Å²) in [5.41, 5.74) is -1.00. The van der Waals surface area contributed by atoms with Crippen molar-refractivity contribution in [3.8, 4) is 0 Å². The van der Waals surface area contributed by atoms with E-state index < -0.39 is 22.3 Å². The number of hydrogen-bond acceptors (Lipinski definition) is 4. The minimum atomic E-state index is -0.993. The Kier molecular flexibility index (Phi) is 4.13. The van der Waals surface area contributed by atoms with Crippen LogP contribution in [-0.2, 0) is 4.79 Å². The Balaban J connectivity index is 2.20. The first kappa shape index (κ1) is 15.2. The SMILES string of the molecule is O=C(O)CC1(NC(=O)c2cc(Cl)cc([N+](=O)[O-])c2)CCC1. The fourth-order valence-corrected chi connectivity index (χ4v) is 2.59. The van der Waals surface area contributed by atoms with Crippen LogP contribution in [0, 0.1) is 10.1 Å². The molecule has 21 heavy (non-hydrogen) atoms. The second kappa shape index (κ2) is 5.69. The van der Waals surface area contributed by atoms with Gasteiger partial charge in [-0.3, -0.25) is 19.7 Å². The van der Waals surface area contributed by atoms with E-state index in [2.05, 4.69) is 5.32 Å². The molecule has 0 aromatic heterocycles. The van der Waals surface area contributed by atoms with Crippen LogP contribution >= 0.6 is 11.6 Å². The van der Waals surface area contributed by atoms with Crippen LogP contribution in [-0.4, -0.2) is 27.4 Å². The molecule has 0 radical (unpaired) electrons. The number of nitro benzene ring substituents is 1. The number of non-ortho nitro benzene ring substituents is 1. The van der Waals surface area contributed by atoms with Crippen LogP contribution in [0.15, 0.2) is 18.2 Å². The van der Waals surface area contributed by atoms with E-state index in [0.717, 1.165) is 18.6 Å². The molecule has 0 atom stereocenters. The second-order valence-electron chi connectivity index (χ2n) is 5.11. The predicted octanol–water partition coefficient (Wildman–Crippen LogP) is 2.38. The Labute approximate surface area is 125 Å². The number of nitro groups is 1. The number of hydrogen-bond donors (Lipinski definition) is 2. The molecule has 2 N–H and O–H groups in total. The maximum atomic E-state index is 12.2. The standard InChI is InChI=1S/C13H13ClN2O5/c14-9-4-8(5-10(6-9)16(20)21)12(19)15-13(2-1-3-13)7-11(17)18/h4-6H,1-3,7H2,(H,15,19)(H,17,18). The molecule has 1 aliphatic carbocycles. The molecule has 0 bridgehead atoms. The number of nitrogens with zero attached hydrogens (tertiary/aromatic N) is 1. The van der Waals surface area contributed by atoms with Crippen LogP contribution in [0.1, 0.15) is 36.0 Å². The molecule has 1 saturated carbocycles. The molecule has 0 aliphatic heterocycles. The first-order chi connectivity index (χ1) is 9.81. The monoisotopic (exact) mass is 312 g/mol. The minimum absolute atomic E-state index is 0.0471. The fraction of sp³-hybridized carbons (Fsp3) is 0.385. The Hall–Kier alpha value is -2.15. The zero-order valence-corrected chi connectivity index (χ0v) is 11.7. The summed E-state index contributed by atoms with van der Waals surface area (Å²) in [6.45, 7) is 0. The lowest BCUT2D eigenvalue weighted by Crippen LogP contribution is -2.54. The molecule has 0 spiro atoms. The van der Waals surface area contributed by atoms with E-state index in [4.69, 9.17) is 16.7 Å². The molecule has 1 amide bonds. The van der Waals surface area contributed by atoms with Gasteiger partial charge in [0.2, 0.25) is 0 Å². The molecule has 1 aromatic carbocycles. The highest BCUT2D eigenvalue weighted by Gasteiger charge is 2.40. The molecule has 1 aliphatic rings. The van der Waals surface area contributed by atoms with E-state index in [1.54, 1.807) is 0 Å². The van der Waals surface area contributed by atoms with Gasteiger partial charge in [-0.15, -0.1) is 0 Å². The summed E-state index contributed by atoms with van der Waals surface area (Å²) in [7, 11) is 0. The van der Waals surface area contributed by atoms with Crippen LogP contribution in [0.3, 0.4) is 0 Å². The van der Waals surface area contributed by atoms with Crippen molar-refractivity contribution >= 4 is 29.2 Å². The Morgan fingerprint density at radius 3 is 2.52 bits per heavy atom. The van der Waals surface area contributed by atoms with Crippen molar-refractivity contribution < 1.29 is 19.6 Å². The lowest BCUT2D eigenvalue weighted by molar-refractivity contribution is -0.384. The zero-order valence-electron chi connectivity index (χ0n) is 11.0.